The summed E-state index contributed by atoms with van der Waals surface area (Å²) in [5, 5.41) is 1.70. The van der Waals surface area contributed by atoms with Crippen molar-refractivity contribution in [3.63, 3.8) is 0 Å². The molecule has 8 heteroatoms. The first-order valence-electron chi connectivity index (χ1n) is 8.96. The topological polar surface area (TPSA) is 80.3 Å². The van der Waals surface area contributed by atoms with Crippen molar-refractivity contribution < 1.29 is 28.8 Å². The maximum absolute atomic E-state index is 14.5. The number of thioether (sulfide) groups is 1. The van der Waals surface area contributed by atoms with Crippen molar-refractivity contribution in [2.24, 2.45) is 11.8 Å². The van der Waals surface area contributed by atoms with Crippen molar-refractivity contribution in [3.8, 4) is 0 Å². The van der Waals surface area contributed by atoms with E-state index in [9.17, 15) is 18.8 Å². The zero-order chi connectivity index (χ0) is 19.8. The normalized spacial score (nSPS) is 29.9. The van der Waals surface area contributed by atoms with Crippen molar-refractivity contribution in [3.05, 3.63) is 35.6 Å². The summed E-state index contributed by atoms with van der Waals surface area (Å²) >= 11 is 1.55. The molecule has 2 heterocycles. The van der Waals surface area contributed by atoms with Crippen molar-refractivity contribution >= 4 is 29.5 Å². The van der Waals surface area contributed by atoms with Crippen LogP contribution in [0.25, 0.3) is 0 Å². The van der Waals surface area contributed by atoms with Crippen LogP contribution in [0.5, 0.6) is 0 Å². The van der Waals surface area contributed by atoms with E-state index >= 15 is 0 Å². The minimum atomic E-state index is -1.23. The first-order valence-corrected chi connectivity index (χ1v) is 10.3. The van der Waals surface area contributed by atoms with Crippen molar-refractivity contribution in [2.75, 3.05) is 25.7 Å². The number of carbonyl (C=O) groups excluding carboxylic acids is 3. The van der Waals surface area contributed by atoms with Gasteiger partial charge in [0.2, 0.25) is 17.4 Å². The van der Waals surface area contributed by atoms with Crippen molar-refractivity contribution in [1.29, 1.82) is 0 Å². The number of hydrogen-bond acceptors (Lipinski definition) is 5. The summed E-state index contributed by atoms with van der Waals surface area (Å²) < 4.78 is 19.6. The van der Waals surface area contributed by atoms with E-state index in [1.807, 2.05) is 6.26 Å². The molecule has 0 aromatic heterocycles. The summed E-state index contributed by atoms with van der Waals surface area (Å²) in [5.74, 6) is -2.71. The highest BCUT2D eigenvalue weighted by atomic mass is 32.2. The second-order valence-electron chi connectivity index (χ2n) is 6.91. The zero-order valence-electron chi connectivity index (χ0n) is 15.6. The Hall–Kier alpha value is -1.93. The average molecular weight is 395 g/mol. The van der Waals surface area contributed by atoms with Gasteiger partial charge < -0.3 is 10.1 Å². The number of benzene rings is 1. The van der Waals surface area contributed by atoms with Crippen LogP contribution in [0.4, 0.5) is 4.39 Å². The SMILES string of the molecule is CCN1C(=O)[C@H]2[C@@H](c3ccccc3F)[NH2+][C@@](CCSC)(C(=O)OC)[C@@H]2C1=O. The van der Waals surface area contributed by atoms with E-state index in [1.54, 1.807) is 42.2 Å². The molecule has 4 atom stereocenters. The number of nitrogens with two attached hydrogens (primary N) is 1. The largest absolute Gasteiger partial charge is 0.464 e. The summed E-state index contributed by atoms with van der Waals surface area (Å²) in [5.41, 5.74) is -0.895. The monoisotopic (exact) mass is 395 g/mol. The molecular formula is C19H24FN2O4S+. The quantitative estimate of drug-likeness (QED) is 0.567. The van der Waals surface area contributed by atoms with Gasteiger partial charge in [-0.1, -0.05) is 18.2 Å². The molecule has 0 radical (unpaired) electrons. The molecule has 2 fully saturated rings. The molecule has 0 aliphatic carbocycles. The number of ether oxygens (including phenoxy) is 1. The van der Waals surface area contributed by atoms with Crippen LogP contribution in [-0.2, 0) is 19.1 Å². The summed E-state index contributed by atoms with van der Waals surface area (Å²) in [7, 11) is 1.28. The van der Waals surface area contributed by atoms with E-state index in [4.69, 9.17) is 4.74 Å². The molecule has 2 amide bonds. The molecule has 6 nitrogen and oxygen atoms in total. The van der Waals surface area contributed by atoms with Gasteiger partial charge in [0, 0.05) is 18.5 Å². The van der Waals surface area contributed by atoms with E-state index in [-0.39, 0.29) is 18.4 Å². The molecular weight excluding hydrogens is 371 g/mol. The lowest BCUT2D eigenvalue weighted by Crippen LogP contribution is -2.98. The van der Waals surface area contributed by atoms with Gasteiger partial charge in [-0.3, -0.25) is 14.5 Å². The van der Waals surface area contributed by atoms with Gasteiger partial charge >= 0.3 is 5.97 Å². The van der Waals surface area contributed by atoms with Crippen LogP contribution in [0.3, 0.4) is 0 Å². The number of imide groups is 1. The van der Waals surface area contributed by atoms with Gasteiger partial charge in [-0.25, -0.2) is 9.18 Å². The fourth-order valence-corrected chi connectivity index (χ4v) is 5.06. The first kappa shape index (κ1) is 19.8. The summed E-state index contributed by atoms with van der Waals surface area (Å²) in [6.07, 6.45) is 2.27. The van der Waals surface area contributed by atoms with E-state index in [2.05, 4.69) is 0 Å². The van der Waals surface area contributed by atoms with Crippen molar-refractivity contribution in [2.45, 2.75) is 24.9 Å². The number of methoxy groups -OCH3 is 1. The Bertz CT molecular complexity index is 774. The van der Waals surface area contributed by atoms with Gasteiger partial charge in [0.05, 0.1) is 7.11 Å². The highest BCUT2D eigenvalue weighted by Gasteiger charge is 2.72. The number of amides is 2. The average Bonchev–Trinajstić information content (AvgIpc) is 3.14. The molecule has 27 heavy (non-hydrogen) atoms. The molecule has 2 aliphatic rings. The summed E-state index contributed by atoms with van der Waals surface area (Å²) in [6.45, 7) is 1.95. The lowest BCUT2D eigenvalue weighted by atomic mass is 9.78. The van der Waals surface area contributed by atoms with E-state index in [0.717, 1.165) is 0 Å². The lowest BCUT2D eigenvalue weighted by Gasteiger charge is -2.29. The van der Waals surface area contributed by atoms with Crippen LogP contribution in [0.2, 0.25) is 0 Å². The highest BCUT2D eigenvalue weighted by Crippen LogP contribution is 2.46. The molecule has 0 spiro atoms. The zero-order valence-corrected chi connectivity index (χ0v) is 16.4. The van der Waals surface area contributed by atoms with E-state index < -0.39 is 35.2 Å². The number of hydrogen-bond donors (Lipinski definition) is 1. The standard InChI is InChI=1S/C19H23FN2O4S/c1-4-22-16(23)13-14(17(22)24)19(9-10-27-3,18(25)26-2)21-15(13)11-7-5-6-8-12(11)20/h5-8,13-15,21H,4,9-10H2,1-3H3/p+1/t13-,14+,15-,19-/m1/s1. The van der Waals surface area contributed by atoms with Gasteiger partial charge in [-0.2, -0.15) is 11.8 Å². The van der Waals surface area contributed by atoms with E-state index in [0.29, 0.717) is 17.7 Å². The highest BCUT2D eigenvalue weighted by molar-refractivity contribution is 7.98. The predicted octanol–water partition coefficient (Wildman–Crippen LogP) is 0.730. The number of nitrogens with zero attached hydrogens (tertiary/aromatic N) is 1. The van der Waals surface area contributed by atoms with Crippen LogP contribution in [0.15, 0.2) is 24.3 Å². The number of halogens is 1. The Morgan fingerprint density at radius 1 is 1.33 bits per heavy atom. The van der Waals surface area contributed by atoms with Crippen LogP contribution in [0, 0.1) is 17.7 Å². The number of likely N-dealkylation sites (tertiary alicyclic amines) is 1. The third-order valence-corrected chi connectivity index (χ3v) is 6.34. The molecule has 2 saturated heterocycles. The summed E-state index contributed by atoms with van der Waals surface area (Å²) in [6, 6.07) is 5.57. The molecule has 1 aromatic rings. The fourth-order valence-electron chi connectivity index (χ4n) is 4.52. The minimum absolute atomic E-state index is 0.231. The lowest BCUT2D eigenvalue weighted by molar-refractivity contribution is -0.734. The smallest absolute Gasteiger partial charge is 0.368 e. The summed E-state index contributed by atoms with van der Waals surface area (Å²) in [4.78, 5) is 40.1. The second kappa shape index (κ2) is 7.59. The fraction of sp³-hybridized carbons (Fsp3) is 0.526. The number of esters is 1. The molecule has 146 valence electrons. The van der Waals surface area contributed by atoms with Gasteiger partial charge in [0.15, 0.2) is 0 Å². The number of carbonyl (C=O) groups is 3. The van der Waals surface area contributed by atoms with Gasteiger partial charge in [0.25, 0.3) is 0 Å². The Labute approximate surface area is 161 Å². The Morgan fingerprint density at radius 3 is 2.63 bits per heavy atom. The first-order chi connectivity index (χ1) is 12.9. The molecule has 0 bridgehead atoms. The molecule has 2 N–H and O–H groups in total. The molecule has 0 unspecified atom stereocenters. The number of fused-ring (bicyclic) bond motifs is 1. The third kappa shape index (κ3) is 2.95. The predicted molar refractivity (Wildman–Crippen MR) is 98.2 cm³/mol. The minimum Gasteiger partial charge on any atom is -0.464 e. The van der Waals surface area contributed by atoms with Crippen LogP contribution in [0.1, 0.15) is 24.9 Å². The molecule has 2 aliphatic heterocycles. The maximum Gasteiger partial charge on any atom is 0.368 e. The van der Waals surface area contributed by atoms with Gasteiger partial charge in [0.1, 0.15) is 23.7 Å². The van der Waals surface area contributed by atoms with Crippen LogP contribution >= 0.6 is 11.8 Å². The van der Waals surface area contributed by atoms with Crippen molar-refractivity contribution in [1.82, 2.24) is 4.90 Å². The van der Waals surface area contributed by atoms with Gasteiger partial charge in [-0.05, 0) is 25.0 Å². The Kier molecular flexibility index (Phi) is 5.58. The van der Waals surface area contributed by atoms with E-state index in [1.165, 1.54) is 18.1 Å². The Morgan fingerprint density at radius 2 is 2.04 bits per heavy atom. The Balaban J connectivity index is 2.16. The number of quaternary nitrogens is 1. The van der Waals surface area contributed by atoms with Gasteiger partial charge in [-0.15, -0.1) is 0 Å². The number of rotatable bonds is 6. The second-order valence-corrected chi connectivity index (χ2v) is 7.90. The maximum atomic E-state index is 14.5. The molecule has 0 saturated carbocycles. The van der Waals surface area contributed by atoms with Crippen LogP contribution in [-0.4, -0.2) is 53.9 Å². The molecule has 1 aromatic carbocycles. The van der Waals surface area contributed by atoms with Crippen LogP contribution < -0.4 is 5.32 Å². The molecule has 3 rings (SSSR count). The third-order valence-electron chi connectivity index (χ3n) is 5.73.